The van der Waals surface area contributed by atoms with Gasteiger partial charge in [0.25, 0.3) is 11.6 Å². The molecule has 0 radical (unpaired) electrons. The van der Waals surface area contributed by atoms with Crippen LogP contribution in [0.3, 0.4) is 0 Å². The van der Waals surface area contributed by atoms with Gasteiger partial charge >= 0.3 is 0 Å². The van der Waals surface area contributed by atoms with Crippen molar-refractivity contribution in [1.29, 1.82) is 0 Å². The molecular formula is C17H13N3O3S2. The highest BCUT2D eigenvalue weighted by Gasteiger charge is 2.31. The van der Waals surface area contributed by atoms with E-state index in [1.807, 2.05) is 22.9 Å². The van der Waals surface area contributed by atoms with E-state index < -0.39 is 4.92 Å². The second kappa shape index (κ2) is 7.04. The van der Waals surface area contributed by atoms with Gasteiger partial charge in [-0.05, 0) is 30.3 Å². The monoisotopic (exact) mass is 371 g/mol. The van der Waals surface area contributed by atoms with E-state index in [9.17, 15) is 14.9 Å². The molecular weight excluding hydrogens is 358 g/mol. The zero-order valence-electron chi connectivity index (χ0n) is 13.0. The first kappa shape index (κ1) is 17.1. The van der Waals surface area contributed by atoms with E-state index in [1.54, 1.807) is 24.3 Å². The maximum Gasteiger partial charge on any atom is 0.269 e. The normalized spacial score (nSPS) is 15.8. The van der Waals surface area contributed by atoms with Crippen LogP contribution in [-0.2, 0) is 4.79 Å². The van der Waals surface area contributed by atoms with Gasteiger partial charge in [0.2, 0.25) is 0 Å². The first-order chi connectivity index (χ1) is 12.0. The summed E-state index contributed by atoms with van der Waals surface area (Å²) in [6, 6.07) is 9.93. The number of carbonyl (C=O) groups excluding carboxylic acids is 1. The summed E-state index contributed by atoms with van der Waals surface area (Å²) in [5.41, 5.74) is 1.58. The summed E-state index contributed by atoms with van der Waals surface area (Å²) in [5, 5.41) is 10.8. The molecule has 1 aliphatic heterocycles. The zero-order valence-corrected chi connectivity index (χ0v) is 14.6. The smallest absolute Gasteiger partial charge is 0.269 e. The van der Waals surface area contributed by atoms with Crippen molar-refractivity contribution >= 4 is 46.0 Å². The number of hydrogen-bond acceptors (Lipinski definition) is 5. The fraction of sp³-hybridized carbons (Fsp3) is 0.0588. The van der Waals surface area contributed by atoms with Crippen LogP contribution < -0.4 is 0 Å². The Morgan fingerprint density at radius 1 is 1.28 bits per heavy atom. The van der Waals surface area contributed by atoms with Crippen LogP contribution >= 0.6 is 24.0 Å². The summed E-state index contributed by atoms with van der Waals surface area (Å²) < 4.78 is 2.36. The van der Waals surface area contributed by atoms with Gasteiger partial charge in [-0.2, -0.15) is 0 Å². The molecule has 0 spiro atoms. The van der Waals surface area contributed by atoms with Crippen LogP contribution in [0.4, 0.5) is 5.69 Å². The van der Waals surface area contributed by atoms with Gasteiger partial charge in [0.05, 0.1) is 9.83 Å². The summed E-state index contributed by atoms with van der Waals surface area (Å²) in [4.78, 5) is 24.8. The molecule has 1 fully saturated rings. The Morgan fingerprint density at radius 2 is 2.00 bits per heavy atom. The maximum atomic E-state index is 12.4. The SMILES string of the molecule is C=CCN1C(=O)/C(=C/c2cccn2-c2ccc([N+](=O)[O-])cc2)SC1=S. The van der Waals surface area contributed by atoms with Crippen molar-refractivity contribution in [2.75, 3.05) is 6.54 Å². The van der Waals surface area contributed by atoms with E-state index in [0.29, 0.717) is 15.8 Å². The third-order valence-electron chi connectivity index (χ3n) is 3.58. The molecule has 126 valence electrons. The van der Waals surface area contributed by atoms with Crippen molar-refractivity contribution < 1.29 is 9.72 Å². The molecule has 0 saturated carbocycles. The highest BCUT2D eigenvalue weighted by atomic mass is 32.2. The van der Waals surface area contributed by atoms with Crippen molar-refractivity contribution in [3.8, 4) is 5.69 Å². The van der Waals surface area contributed by atoms with Crippen LogP contribution in [-0.4, -0.2) is 31.2 Å². The average Bonchev–Trinajstić information content (AvgIpc) is 3.16. The van der Waals surface area contributed by atoms with E-state index >= 15 is 0 Å². The number of hydrogen-bond donors (Lipinski definition) is 0. The second-order valence-corrected chi connectivity index (χ2v) is 6.83. The fourth-order valence-corrected chi connectivity index (χ4v) is 3.66. The maximum absolute atomic E-state index is 12.4. The van der Waals surface area contributed by atoms with Crippen LogP contribution in [0.1, 0.15) is 5.69 Å². The molecule has 1 aromatic heterocycles. The molecule has 0 unspecified atom stereocenters. The van der Waals surface area contributed by atoms with Crippen molar-refractivity contribution in [3.63, 3.8) is 0 Å². The molecule has 0 aliphatic carbocycles. The predicted octanol–water partition coefficient (Wildman–Crippen LogP) is 3.77. The number of thiocarbonyl (C=S) groups is 1. The van der Waals surface area contributed by atoms with Crippen LogP contribution in [0.2, 0.25) is 0 Å². The number of thioether (sulfide) groups is 1. The van der Waals surface area contributed by atoms with E-state index in [1.165, 1.54) is 28.8 Å². The Labute approximate surface area is 153 Å². The number of aromatic nitrogens is 1. The topological polar surface area (TPSA) is 68.4 Å². The molecule has 1 aliphatic rings. The Kier molecular flexibility index (Phi) is 4.82. The quantitative estimate of drug-likeness (QED) is 0.263. The van der Waals surface area contributed by atoms with Crippen LogP contribution in [0, 0.1) is 10.1 Å². The lowest BCUT2D eigenvalue weighted by atomic mass is 10.2. The minimum atomic E-state index is -0.439. The van der Waals surface area contributed by atoms with Crippen molar-refractivity contribution in [1.82, 2.24) is 9.47 Å². The van der Waals surface area contributed by atoms with E-state index in [2.05, 4.69) is 6.58 Å². The highest BCUT2D eigenvalue weighted by molar-refractivity contribution is 8.26. The summed E-state index contributed by atoms with van der Waals surface area (Å²) in [6.07, 6.45) is 5.23. The zero-order chi connectivity index (χ0) is 18.0. The molecule has 0 bridgehead atoms. The van der Waals surface area contributed by atoms with Crippen molar-refractivity contribution in [2.45, 2.75) is 0 Å². The second-order valence-electron chi connectivity index (χ2n) is 5.16. The van der Waals surface area contributed by atoms with Gasteiger partial charge in [-0.15, -0.1) is 6.58 Å². The molecule has 8 heteroatoms. The average molecular weight is 371 g/mol. The Hall–Kier alpha value is -2.71. The third-order valence-corrected chi connectivity index (χ3v) is 4.96. The van der Waals surface area contributed by atoms with Crippen molar-refractivity contribution in [3.05, 3.63) is 76.0 Å². The number of amides is 1. The van der Waals surface area contributed by atoms with Crippen LogP contribution in [0.5, 0.6) is 0 Å². The first-order valence-electron chi connectivity index (χ1n) is 7.29. The van der Waals surface area contributed by atoms with Gasteiger partial charge in [-0.1, -0.05) is 30.1 Å². The molecule has 0 N–H and O–H groups in total. The first-order valence-corrected chi connectivity index (χ1v) is 8.52. The summed E-state index contributed by atoms with van der Waals surface area (Å²) in [6.45, 7) is 4.01. The highest BCUT2D eigenvalue weighted by Crippen LogP contribution is 2.32. The largest absolute Gasteiger partial charge is 0.317 e. The third kappa shape index (κ3) is 3.40. The summed E-state index contributed by atoms with van der Waals surface area (Å²) in [7, 11) is 0. The number of benzene rings is 1. The Bertz CT molecular complexity index is 900. The molecule has 2 aromatic rings. The number of carbonyl (C=O) groups is 1. The van der Waals surface area contributed by atoms with Crippen LogP contribution in [0.15, 0.2) is 60.2 Å². The van der Waals surface area contributed by atoms with E-state index in [0.717, 1.165) is 11.4 Å². The Morgan fingerprint density at radius 3 is 2.64 bits per heavy atom. The fourth-order valence-electron chi connectivity index (χ4n) is 2.40. The lowest BCUT2D eigenvalue weighted by molar-refractivity contribution is -0.384. The van der Waals surface area contributed by atoms with Gasteiger partial charge in [0.15, 0.2) is 0 Å². The van der Waals surface area contributed by atoms with Gasteiger partial charge in [0, 0.05) is 36.3 Å². The molecule has 0 atom stereocenters. The molecule has 1 aromatic carbocycles. The lowest BCUT2D eigenvalue weighted by Crippen LogP contribution is -2.27. The summed E-state index contributed by atoms with van der Waals surface area (Å²) in [5.74, 6) is -0.147. The number of nitro benzene ring substituents is 1. The summed E-state index contributed by atoms with van der Waals surface area (Å²) >= 11 is 6.48. The molecule has 6 nitrogen and oxygen atoms in total. The predicted molar refractivity (Wildman–Crippen MR) is 102 cm³/mol. The number of rotatable bonds is 5. The number of nitro groups is 1. The van der Waals surface area contributed by atoms with Gasteiger partial charge in [0.1, 0.15) is 4.32 Å². The molecule has 2 heterocycles. The van der Waals surface area contributed by atoms with E-state index in [-0.39, 0.29) is 11.6 Å². The number of nitrogens with zero attached hydrogens (tertiary/aromatic N) is 3. The lowest BCUT2D eigenvalue weighted by Gasteiger charge is -2.10. The molecule has 25 heavy (non-hydrogen) atoms. The molecule has 1 saturated heterocycles. The molecule has 3 rings (SSSR count). The minimum absolute atomic E-state index is 0.0303. The minimum Gasteiger partial charge on any atom is -0.317 e. The van der Waals surface area contributed by atoms with Crippen molar-refractivity contribution in [2.24, 2.45) is 0 Å². The number of non-ortho nitro benzene ring substituents is 1. The van der Waals surface area contributed by atoms with Gasteiger partial charge in [-0.3, -0.25) is 19.8 Å². The standard InChI is InChI=1S/C17H13N3O3S2/c1-2-9-19-16(21)15(25-17(19)24)11-14-4-3-10-18(14)12-5-7-13(8-6-12)20(22)23/h2-8,10-11H,1,9H2/b15-11-. The van der Waals surface area contributed by atoms with Gasteiger partial charge in [-0.25, -0.2) is 0 Å². The van der Waals surface area contributed by atoms with Crippen LogP contribution in [0.25, 0.3) is 11.8 Å². The van der Waals surface area contributed by atoms with Gasteiger partial charge < -0.3 is 4.57 Å². The Balaban J connectivity index is 1.92. The van der Waals surface area contributed by atoms with E-state index in [4.69, 9.17) is 12.2 Å². The molecule has 1 amide bonds.